The molecule has 2 heterocycles. The maximum absolute atomic E-state index is 13.0. The third kappa shape index (κ3) is 5.03. The largest absolute Gasteiger partial charge is 0.497 e. The highest BCUT2D eigenvalue weighted by molar-refractivity contribution is 8.00. The molecule has 0 radical (unpaired) electrons. The number of nitrogens with zero attached hydrogens (tertiary/aromatic N) is 1. The van der Waals surface area contributed by atoms with Crippen molar-refractivity contribution in [2.45, 2.75) is 43.2 Å². The highest BCUT2D eigenvalue weighted by Crippen LogP contribution is 2.33. The van der Waals surface area contributed by atoms with E-state index in [1.165, 1.54) is 0 Å². The summed E-state index contributed by atoms with van der Waals surface area (Å²) in [5.74, 6) is 1.34. The molecule has 0 atom stereocenters. The summed E-state index contributed by atoms with van der Waals surface area (Å²) >= 11 is 1.58. The monoisotopic (exact) mass is 476 g/mol. The van der Waals surface area contributed by atoms with Crippen molar-refractivity contribution >= 4 is 45.9 Å². The predicted molar refractivity (Wildman–Crippen MR) is 135 cm³/mol. The first-order valence-electron chi connectivity index (χ1n) is 11.6. The van der Waals surface area contributed by atoms with Gasteiger partial charge in [-0.1, -0.05) is 6.07 Å². The first kappa shape index (κ1) is 22.7. The van der Waals surface area contributed by atoms with Crippen LogP contribution in [0.5, 0.6) is 5.75 Å². The molecule has 5 rings (SSSR count). The lowest BCUT2D eigenvalue weighted by atomic mass is 9.85. The third-order valence-corrected chi connectivity index (χ3v) is 7.65. The predicted octanol–water partition coefficient (Wildman–Crippen LogP) is 4.57. The van der Waals surface area contributed by atoms with Crippen LogP contribution in [0.15, 0.2) is 53.6 Å². The molecule has 1 saturated carbocycles. The maximum Gasteiger partial charge on any atom is 0.234 e. The molecular formula is C26H28N4O3S. The van der Waals surface area contributed by atoms with Crippen LogP contribution in [-0.4, -0.2) is 35.7 Å². The zero-order chi connectivity index (χ0) is 23.5. The number of ether oxygens (including phenoxy) is 1. The van der Waals surface area contributed by atoms with Gasteiger partial charge in [-0.05, 0) is 67.6 Å². The lowest BCUT2D eigenvalue weighted by molar-refractivity contribution is -0.121. The van der Waals surface area contributed by atoms with Crippen molar-refractivity contribution in [1.29, 1.82) is 0 Å². The summed E-state index contributed by atoms with van der Waals surface area (Å²) in [6.45, 7) is 0.750. The topological polar surface area (TPSA) is 92.3 Å². The van der Waals surface area contributed by atoms with E-state index in [1.807, 2.05) is 24.3 Å². The van der Waals surface area contributed by atoms with E-state index in [0.717, 1.165) is 70.7 Å². The highest BCUT2D eigenvalue weighted by atomic mass is 32.2. The van der Waals surface area contributed by atoms with E-state index < -0.39 is 0 Å². The van der Waals surface area contributed by atoms with Gasteiger partial charge in [0.05, 0.1) is 29.8 Å². The Hall–Kier alpha value is -3.10. The van der Waals surface area contributed by atoms with Crippen LogP contribution in [-0.2, 0) is 16.1 Å². The third-order valence-electron chi connectivity index (χ3n) is 6.58. The van der Waals surface area contributed by atoms with Crippen molar-refractivity contribution in [3.63, 3.8) is 0 Å². The molecule has 8 heteroatoms. The second-order valence-electron chi connectivity index (χ2n) is 8.83. The highest BCUT2D eigenvalue weighted by Gasteiger charge is 2.26. The second kappa shape index (κ2) is 10.0. The van der Waals surface area contributed by atoms with Crippen LogP contribution in [0.1, 0.15) is 31.2 Å². The average molecular weight is 477 g/mol. The number of carbonyl (C=O) groups is 2. The second-order valence-corrected chi connectivity index (χ2v) is 9.84. The standard InChI is InChI=1S/C26H28N4O3S/c1-33-19-7-8-21-20(13-19)22(10-11-27-21)30-26(32)17-3-5-18(6-4-17)28-14-16-2-9-24-23(12-16)29-25(31)15-34-24/h2,7-13,17-18,28H,3-6,14-15H2,1H3,(H,29,31)(H,27,30,32)/t17-,18-. The Morgan fingerprint density at radius 1 is 1.15 bits per heavy atom. The van der Waals surface area contributed by atoms with Gasteiger partial charge in [0.2, 0.25) is 11.8 Å². The fraction of sp³-hybridized carbons (Fsp3) is 0.346. The zero-order valence-electron chi connectivity index (χ0n) is 19.1. The van der Waals surface area contributed by atoms with E-state index in [-0.39, 0.29) is 17.7 Å². The van der Waals surface area contributed by atoms with Gasteiger partial charge in [0.25, 0.3) is 0 Å². The van der Waals surface area contributed by atoms with Gasteiger partial charge in [0.1, 0.15) is 5.75 Å². The minimum absolute atomic E-state index is 0.00264. The molecule has 1 aliphatic heterocycles. The summed E-state index contributed by atoms with van der Waals surface area (Å²) in [6, 6.07) is 14.1. The van der Waals surface area contributed by atoms with Gasteiger partial charge in [-0.25, -0.2) is 0 Å². The first-order chi connectivity index (χ1) is 16.6. The summed E-state index contributed by atoms with van der Waals surface area (Å²) in [5, 5.41) is 10.6. The van der Waals surface area contributed by atoms with Crippen LogP contribution >= 0.6 is 11.8 Å². The Labute approximate surface area is 203 Å². The van der Waals surface area contributed by atoms with E-state index in [2.05, 4.69) is 39.1 Å². The number of rotatable bonds is 6. The molecule has 34 heavy (non-hydrogen) atoms. The van der Waals surface area contributed by atoms with E-state index in [1.54, 1.807) is 25.1 Å². The van der Waals surface area contributed by atoms with Gasteiger partial charge in [-0.15, -0.1) is 11.8 Å². The Kier molecular flexibility index (Phi) is 6.69. The van der Waals surface area contributed by atoms with E-state index in [9.17, 15) is 9.59 Å². The van der Waals surface area contributed by atoms with Crippen molar-refractivity contribution in [2.75, 3.05) is 23.5 Å². The molecular weight excluding hydrogens is 448 g/mol. The Morgan fingerprint density at radius 3 is 2.82 bits per heavy atom. The molecule has 3 N–H and O–H groups in total. The summed E-state index contributed by atoms with van der Waals surface area (Å²) in [6.07, 6.45) is 5.34. The minimum Gasteiger partial charge on any atom is -0.497 e. The van der Waals surface area contributed by atoms with Crippen molar-refractivity contribution < 1.29 is 14.3 Å². The number of anilines is 2. The lowest BCUT2D eigenvalue weighted by Crippen LogP contribution is -2.36. The summed E-state index contributed by atoms with van der Waals surface area (Å²) in [7, 11) is 1.63. The van der Waals surface area contributed by atoms with Crippen molar-refractivity contribution in [2.24, 2.45) is 5.92 Å². The van der Waals surface area contributed by atoms with Gasteiger partial charge in [-0.2, -0.15) is 0 Å². The molecule has 1 aromatic heterocycles. The fourth-order valence-electron chi connectivity index (χ4n) is 4.66. The van der Waals surface area contributed by atoms with Crippen LogP contribution in [0.3, 0.4) is 0 Å². The number of nitrogens with one attached hydrogen (secondary N) is 3. The fourth-order valence-corrected chi connectivity index (χ4v) is 5.45. The quantitative estimate of drug-likeness (QED) is 0.483. The Balaban J connectivity index is 1.14. The van der Waals surface area contributed by atoms with Crippen LogP contribution in [0.4, 0.5) is 11.4 Å². The molecule has 2 amide bonds. The van der Waals surface area contributed by atoms with Gasteiger partial charge in [-0.3, -0.25) is 14.6 Å². The number of methoxy groups -OCH3 is 1. The van der Waals surface area contributed by atoms with Gasteiger partial charge >= 0.3 is 0 Å². The molecule has 7 nitrogen and oxygen atoms in total. The first-order valence-corrected chi connectivity index (χ1v) is 12.6. The molecule has 0 saturated heterocycles. The summed E-state index contributed by atoms with van der Waals surface area (Å²) < 4.78 is 5.33. The van der Waals surface area contributed by atoms with Crippen LogP contribution < -0.4 is 20.7 Å². The molecule has 1 aliphatic carbocycles. The number of amides is 2. The molecule has 3 aromatic rings. The van der Waals surface area contributed by atoms with Crippen LogP contribution in [0.25, 0.3) is 10.9 Å². The summed E-state index contributed by atoms with van der Waals surface area (Å²) in [5.41, 5.74) is 3.65. The van der Waals surface area contributed by atoms with E-state index in [4.69, 9.17) is 4.74 Å². The van der Waals surface area contributed by atoms with Crippen molar-refractivity contribution in [1.82, 2.24) is 10.3 Å². The van der Waals surface area contributed by atoms with Gasteiger partial charge in [0.15, 0.2) is 0 Å². The van der Waals surface area contributed by atoms with E-state index in [0.29, 0.717) is 11.8 Å². The van der Waals surface area contributed by atoms with Crippen molar-refractivity contribution in [3.05, 3.63) is 54.2 Å². The molecule has 1 fully saturated rings. The molecule has 2 aromatic carbocycles. The Bertz CT molecular complexity index is 1220. The number of aromatic nitrogens is 1. The maximum atomic E-state index is 13.0. The number of fused-ring (bicyclic) bond motifs is 2. The number of pyridine rings is 1. The number of benzene rings is 2. The van der Waals surface area contributed by atoms with Crippen LogP contribution in [0.2, 0.25) is 0 Å². The smallest absolute Gasteiger partial charge is 0.234 e. The van der Waals surface area contributed by atoms with Gasteiger partial charge < -0.3 is 20.7 Å². The SMILES string of the molecule is COc1ccc2nccc(NC(=O)[C@H]3CC[C@H](NCc4ccc5c(c4)NC(=O)CS5)CC3)c2c1. The Morgan fingerprint density at radius 2 is 2.00 bits per heavy atom. The molecule has 0 bridgehead atoms. The molecule has 0 spiro atoms. The normalized spacial score (nSPS) is 19.9. The van der Waals surface area contributed by atoms with Crippen LogP contribution in [0, 0.1) is 5.92 Å². The lowest BCUT2D eigenvalue weighted by Gasteiger charge is -2.29. The minimum atomic E-state index is 0.00264. The number of hydrogen-bond donors (Lipinski definition) is 3. The number of hydrogen-bond acceptors (Lipinski definition) is 6. The molecule has 176 valence electrons. The van der Waals surface area contributed by atoms with E-state index >= 15 is 0 Å². The van der Waals surface area contributed by atoms with Gasteiger partial charge in [0, 0.05) is 35.0 Å². The molecule has 2 aliphatic rings. The summed E-state index contributed by atoms with van der Waals surface area (Å²) in [4.78, 5) is 30.1. The number of thioether (sulfide) groups is 1. The molecule has 0 unspecified atom stereocenters. The number of carbonyl (C=O) groups excluding carboxylic acids is 2. The van der Waals surface area contributed by atoms with Crippen molar-refractivity contribution in [3.8, 4) is 5.75 Å². The average Bonchev–Trinajstić information content (AvgIpc) is 2.87. The zero-order valence-corrected chi connectivity index (χ0v) is 19.9.